The van der Waals surface area contributed by atoms with Crippen LogP contribution < -0.4 is 20.8 Å². The Morgan fingerprint density at radius 3 is 2.50 bits per heavy atom. The number of fused-ring (bicyclic) bond motifs is 2. The monoisotopic (exact) mass is 671 g/mol. The number of thiocarbonyl (C=S) groups is 1. The number of primary sulfonamides is 1. The van der Waals surface area contributed by atoms with Crippen molar-refractivity contribution in [2.45, 2.75) is 11.4 Å². The van der Waals surface area contributed by atoms with Crippen LogP contribution in [-0.4, -0.2) is 25.1 Å². The van der Waals surface area contributed by atoms with Crippen LogP contribution >= 0.6 is 44.1 Å². The number of carbonyl (C=O) groups is 1. The Balaban J connectivity index is 1.42. The zero-order chi connectivity index (χ0) is 27.0. The summed E-state index contributed by atoms with van der Waals surface area (Å²) in [6, 6.07) is 23.8. The van der Waals surface area contributed by atoms with Crippen molar-refractivity contribution in [1.29, 1.82) is 0 Å². The van der Waals surface area contributed by atoms with Gasteiger partial charge in [-0.25, -0.2) is 13.6 Å². The third-order valence-electron chi connectivity index (χ3n) is 5.85. The molecule has 0 atom stereocenters. The Labute approximate surface area is 241 Å². The van der Waals surface area contributed by atoms with Crippen molar-refractivity contribution < 1.29 is 13.2 Å². The zero-order valence-electron chi connectivity index (χ0n) is 19.5. The zero-order valence-corrected chi connectivity index (χ0v) is 24.3. The molecule has 0 aliphatic carbocycles. The van der Waals surface area contributed by atoms with Crippen LogP contribution in [0.15, 0.2) is 97.8 Å². The van der Waals surface area contributed by atoms with Gasteiger partial charge in [-0.05, 0) is 80.9 Å². The van der Waals surface area contributed by atoms with Crippen molar-refractivity contribution in [2.24, 2.45) is 10.2 Å². The van der Waals surface area contributed by atoms with E-state index in [1.54, 1.807) is 11.0 Å². The number of hydrogen-bond donors (Lipinski definition) is 3. The fraction of sp³-hybridized carbons (Fsp3) is 0.0385. The first kappa shape index (κ1) is 26.4. The van der Waals surface area contributed by atoms with E-state index in [1.807, 2.05) is 48.5 Å². The van der Waals surface area contributed by atoms with Gasteiger partial charge in [0.2, 0.25) is 10.0 Å². The third kappa shape index (κ3) is 5.49. The molecule has 1 heterocycles. The first-order chi connectivity index (χ1) is 18.1. The lowest BCUT2D eigenvalue weighted by Crippen LogP contribution is -2.32. The van der Waals surface area contributed by atoms with E-state index in [0.717, 1.165) is 25.3 Å². The minimum absolute atomic E-state index is 0.0597. The first-order valence-corrected chi connectivity index (χ1v) is 14.7. The molecule has 1 aliphatic rings. The maximum Gasteiger partial charge on any atom is 0.279 e. The van der Waals surface area contributed by atoms with Crippen LogP contribution in [0.3, 0.4) is 0 Å². The van der Waals surface area contributed by atoms with Crippen LogP contribution in [0.5, 0.6) is 0 Å². The molecule has 0 unspecified atom stereocenters. The molecule has 0 bridgehead atoms. The summed E-state index contributed by atoms with van der Waals surface area (Å²) in [4.78, 5) is 15.2. The molecular formula is C26H19Br2N5O3S2. The molecular weight excluding hydrogens is 654 g/mol. The lowest BCUT2D eigenvalue weighted by atomic mass is 10.1. The number of nitrogens with two attached hydrogens (primary N) is 1. The highest BCUT2D eigenvalue weighted by molar-refractivity contribution is 9.11. The van der Waals surface area contributed by atoms with Crippen molar-refractivity contribution in [2.75, 3.05) is 10.2 Å². The van der Waals surface area contributed by atoms with Gasteiger partial charge in [0.15, 0.2) is 10.8 Å². The van der Waals surface area contributed by atoms with Crippen molar-refractivity contribution in [3.63, 3.8) is 0 Å². The molecule has 8 nitrogen and oxygen atoms in total. The molecule has 0 radical (unpaired) electrons. The van der Waals surface area contributed by atoms with E-state index in [0.29, 0.717) is 23.5 Å². The van der Waals surface area contributed by atoms with Crippen LogP contribution in [0, 0.1) is 0 Å². The molecule has 0 aromatic heterocycles. The maximum atomic E-state index is 13.6. The lowest BCUT2D eigenvalue weighted by Gasteiger charge is -2.19. The van der Waals surface area contributed by atoms with Crippen LogP contribution in [0.4, 0.5) is 11.4 Å². The minimum atomic E-state index is -3.87. The van der Waals surface area contributed by atoms with Crippen LogP contribution in [0.25, 0.3) is 10.8 Å². The number of benzene rings is 4. The highest BCUT2D eigenvalue weighted by atomic mass is 79.9. The van der Waals surface area contributed by atoms with Gasteiger partial charge in [-0.15, -0.1) is 0 Å². The van der Waals surface area contributed by atoms with Crippen molar-refractivity contribution in [1.82, 2.24) is 5.43 Å². The van der Waals surface area contributed by atoms with Crippen LogP contribution in [0.2, 0.25) is 0 Å². The van der Waals surface area contributed by atoms with Crippen molar-refractivity contribution in [3.05, 3.63) is 98.9 Å². The molecule has 12 heteroatoms. The largest absolute Gasteiger partial charge is 0.331 e. The molecule has 4 aromatic carbocycles. The van der Waals surface area contributed by atoms with Gasteiger partial charge in [-0.1, -0.05) is 58.4 Å². The molecule has 4 N–H and O–H groups in total. The molecule has 0 spiro atoms. The number of amides is 1. The number of carbonyl (C=O) groups excluding carboxylic acids is 1. The van der Waals surface area contributed by atoms with Crippen molar-refractivity contribution in [3.8, 4) is 0 Å². The van der Waals surface area contributed by atoms with Gasteiger partial charge in [-0.3, -0.25) is 10.2 Å². The van der Waals surface area contributed by atoms with E-state index < -0.39 is 10.0 Å². The SMILES string of the molecule is NS(=O)(=O)c1cccc(NC(=S)NN=C2C(=O)N(Cc3ccc4ccccc4c3)c3c(Br)cc(Br)cc32)c1. The molecule has 0 fully saturated rings. The predicted molar refractivity (Wildman–Crippen MR) is 161 cm³/mol. The Kier molecular flexibility index (Phi) is 7.34. The van der Waals surface area contributed by atoms with E-state index in [2.05, 4.69) is 53.8 Å². The Morgan fingerprint density at radius 1 is 0.974 bits per heavy atom. The molecule has 1 amide bonds. The first-order valence-electron chi connectivity index (χ1n) is 11.2. The second kappa shape index (κ2) is 10.5. The number of hydrazone groups is 1. The van der Waals surface area contributed by atoms with Gasteiger partial charge in [-0.2, -0.15) is 5.10 Å². The Bertz CT molecular complexity index is 1760. The lowest BCUT2D eigenvalue weighted by molar-refractivity contribution is -0.112. The summed E-state index contributed by atoms with van der Waals surface area (Å²) in [7, 11) is -3.87. The number of nitrogens with one attached hydrogen (secondary N) is 2. The average Bonchev–Trinajstić information content (AvgIpc) is 3.12. The molecule has 1 aliphatic heterocycles. The fourth-order valence-corrected chi connectivity index (χ4v) is 6.32. The normalized spacial score (nSPS) is 14.1. The molecule has 5 rings (SSSR count). The van der Waals surface area contributed by atoms with Crippen molar-refractivity contribution >= 4 is 93.0 Å². The minimum Gasteiger partial charge on any atom is -0.331 e. The summed E-state index contributed by atoms with van der Waals surface area (Å²) in [5, 5.41) is 14.7. The maximum absolute atomic E-state index is 13.6. The highest BCUT2D eigenvalue weighted by Crippen LogP contribution is 2.39. The summed E-state index contributed by atoms with van der Waals surface area (Å²) in [6.45, 7) is 0.346. The quantitative estimate of drug-likeness (QED) is 0.197. The number of anilines is 2. The van der Waals surface area contributed by atoms with Gasteiger partial charge in [0.25, 0.3) is 5.91 Å². The molecule has 38 heavy (non-hydrogen) atoms. The molecule has 4 aromatic rings. The standard InChI is InChI=1S/C26H19Br2N5O3S2/c27-18-11-21-23(31-32-26(37)30-19-6-3-7-20(13-19)38(29,35)36)25(34)33(24(21)22(28)12-18)14-15-8-9-16-4-1-2-5-17(16)10-15/h1-13H,14H2,(H2,29,35,36)(H2,30,32,37). The van der Waals surface area contributed by atoms with Crippen LogP contribution in [0.1, 0.15) is 11.1 Å². The number of halogens is 2. The topological polar surface area (TPSA) is 117 Å². The summed E-state index contributed by atoms with van der Waals surface area (Å²) >= 11 is 12.4. The summed E-state index contributed by atoms with van der Waals surface area (Å²) in [5.74, 6) is -0.293. The van der Waals surface area contributed by atoms with E-state index in [1.165, 1.54) is 18.2 Å². The smallest absolute Gasteiger partial charge is 0.279 e. The Morgan fingerprint density at radius 2 is 1.74 bits per heavy atom. The van der Waals surface area contributed by atoms with E-state index in [9.17, 15) is 13.2 Å². The molecule has 0 saturated heterocycles. The van der Waals surface area contributed by atoms with E-state index >= 15 is 0 Å². The van der Waals surface area contributed by atoms with E-state index in [4.69, 9.17) is 17.4 Å². The van der Waals surface area contributed by atoms with Crippen LogP contribution in [-0.2, 0) is 21.4 Å². The van der Waals surface area contributed by atoms with Gasteiger partial charge in [0.05, 0.1) is 17.1 Å². The number of nitrogens with zero attached hydrogens (tertiary/aromatic N) is 2. The van der Waals surface area contributed by atoms with Gasteiger partial charge in [0.1, 0.15) is 0 Å². The molecule has 0 saturated carbocycles. The molecule has 192 valence electrons. The average molecular weight is 673 g/mol. The summed E-state index contributed by atoms with van der Waals surface area (Å²) < 4.78 is 24.8. The number of sulfonamides is 1. The van der Waals surface area contributed by atoms with Gasteiger partial charge < -0.3 is 10.2 Å². The Hall–Kier alpha value is -3.16. The highest BCUT2D eigenvalue weighted by Gasteiger charge is 2.36. The second-order valence-corrected chi connectivity index (χ2v) is 12.2. The second-order valence-electron chi connectivity index (χ2n) is 8.46. The van der Waals surface area contributed by atoms with Gasteiger partial charge in [0, 0.05) is 20.2 Å². The number of hydrogen-bond acceptors (Lipinski definition) is 5. The van der Waals surface area contributed by atoms with Gasteiger partial charge >= 0.3 is 0 Å². The predicted octanol–water partition coefficient (Wildman–Crippen LogP) is 5.25. The summed E-state index contributed by atoms with van der Waals surface area (Å²) in [5.41, 5.74) is 5.58. The number of rotatable bonds is 5. The summed E-state index contributed by atoms with van der Waals surface area (Å²) in [6.07, 6.45) is 0. The fourth-order valence-electron chi connectivity index (χ4n) is 4.16. The third-order valence-corrected chi connectivity index (χ3v) is 8.01. The van der Waals surface area contributed by atoms with E-state index in [-0.39, 0.29) is 21.6 Å².